The van der Waals surface area contributed by atoms with E-state index in [4.69, 9.17) is 9.15 Å². The average molecular weight is 269 g/mol. The van der Waals surface area contributed by atoms with Gasteiger partial charge in [0.15, 0.2) is 0 Å². The highest BCUT2D eigenvalue weighted by molar-refractivity contribution is 6.05. The van der Waals surface area contributed by atoms with Gasteiger partial charge in [-0.05, 0) is 38.1 Å². The normalized spacial score (nSPS) is 12.9. The van der Waals surface area contributed by atoms with Gasteiger partial charge in [-0.3, -0.25) is 0 Å². The fraction of sp³-hybridized carbons (Fsp3) is 0.294. The predicted octanol–water partition coefficient (Wildman–Crippen LogP) is 4.42. The summed E-state index contributed by atoms with van der Waals surface area (Å²) in [5.74, 6) is 0. The quantitative estimate of drug-likeness (QED) is 0.744. The van der Waals surface area contributed by atoms with E-state index in [9.17, 15) is 0 Å². The molecule has 20 heavy (non-hydrogen) atoms. The Morgan fingerprint density at radius 1 is 1.10 bits per heavy atom. The number of fused-ring (bicyclic) bond motifs is 3. The standard InChI is InChI=1S/C17H19NO2/c1-3-19-11-12(2)18-13-8-9-17-15(10-13)14-6-4-5-7-16(14)20-17/h4-10,12,18H,3,11H2,1-2H3. The van der Waals surface area contributed by atoms with Crippen molar-refractivity contribution in [3.8, 4) is 0 Å². The summed E-state index contributed by atoms with van der Waals surface area (Å²) in [6.07, 6.45) is 0. The van der Waals surface area contributed by atoms with Crippen LogP contribution in [-0.4, -0.2) is 19.3 Å². The van der Waals surface area contributed by atoms with E-state index in [2.05, 4.69) is 24.4 Å². The maximum Gasteiger partial charge on any atom is 0.135 e. The van der Waals surface area contributed by atoms with Gasteiger partial charge in [-0.25, -0.2) is 0 Å². The first-order valence-corrected chi connectivity index (χ1v) is 7.03. The molecule has 0 saturated heterocycles. The van der Waals surface area contributed by atoms with Gasteiger partial charge < -0.3 is 14.5 Å². The van der Waals surface area contributed by atoms with Crippen molar-refractivity contribution >= 4 is 27.6 Å². The lowest BCUT2D eigenvalue weighted by molar-refractivity contribution is 0.141. The Bertz CT molecular complexity index is 717. The molecular weight excluding hydrogens is 250 g/mol. The monoisotopic (exact) mass is 269 g/mol. The molecule has 1 aromatic heterocycles. The van der Waals surface area contributed by atoms with Crippen molar-refractivity contribution in [1.82, 2.24) is 0 Å². The Kier molecular flexibility index (Phi) is 3.61. The summed E-state index contributed by atoms with van der Waals surface area (Å²) in [6.45, 7) is 5.59. The molecule has 0 aliphatic carbocycles. The summed E-state index contributed by atoms with van der Waals surface area (Å²) in [7, 11) is 0. The van der Waals surface area contributed by atoms with Crippen LogP contribution in [0.15, 0.2) is 46.9 Å². The minimum atomic E-state index is 0.283. The van der Waals surface area contributed by atoms with E-state index in [1.54, 1.807) is 0 Å². The Labute approximate surface area is 118 Å². The first-order valence-electron chi connectivity index (χ1n) is 7.03. The summed E-state index contributed by atoms with van der Waals surface area (Å²) in [6, 6.07) is 14.6. The second-order valence-electron chi connectivity index (χ2n) is 5.01. The number of anilines is 1. The molecule has 1 unspecified atom stereocenters. The molecule has 2 aromatic carbocycles. The maximum atomic E-state index is 5.82. The van der Waals surface area contributed by atoms with Crippen molar-refractivity contribution in [2.24, 2.45) is 0 Å². The smallest absolute Gasteiger partial charge is 0.135 e. The Morgan fingerprint density at radius 3 is 2.75 bits per heavy atom. The molecule has 0 amide bonds. The number of hydrogen-bond donors (Lipinski definition) is 1. The van der Waals surface area contributed by atoms with Gasteiger partial charge in [0, 0.05) is 29.1 Å². The molecule has 1 N–H and O–H groups in total. The second kappa shape index (κ2) is 5.55. The molecule has 0 aliphatic rings. The van der Waals surface area contributed by atoms with Gasteiger partial charge in [-0.2, -0.15) is 0 Å². The fourth-order valence-corrected chi connectivity index (χ4v) is 2.44. The summed E-state index contributed by atoms with van der Waals surface area (Å²) in [5, 5.41) is 5.76. The Balaban J connectivity index is 1.91. The first-order chi connectivity index (χ1) is 9.78. The lowest BCUT2D eigenvalue weighted by Crippen LogP contribution is -2.21. The maximum absolute atomic E-state index is 5.82. The molecule has 3 heteroatoms. The lowest BCUT2D eigenvalue weighted by Gasteiger charge is -2.14. The SMILES string of the molecule is CCOCC(C)Nc1ccc2oc3ccccc3c2c1. The van der Waals surface area contributed by atoms with Crippen LogP contribution in [0.5, 0.6) is 0 Å². The van der Waals surface area contributed by atoms with Crippen LogP contribution < -0.4 is 5.32 Å². The van der Waals surface area contributed by atoms with Crippen LogP contribution in [0.3, 0.4) is 0 Å². The third kappa shape index (κ3) is 2.49. The number of hydrogen-bond acceptors (Lipinski definition) is 3. The first kappa shape index (κ1) is 13.0. The van der Waals surface area contributed by atoms with Crippen LogP contribution in [0.25, 0.3) is 21.9 Å². The summed E-state index contributed by atoms with van der Waals surface area (Å²) in [4.78, 5) is 0. The van der Waals surface area contributed by atoms with Crippen molar-refractivity contribution in [3.05, 3.63) is 42.5 Å². The largest absolute Gasteiger partial charge is 0.456 e. The number of ether oxygens (including phenoxy) is 1. The summed E-state index contributed by atoms with van der Waals surface area (Å²) < 4.78 is 11.3. The topological polar surface area (TPSA) is 34.4 Å². The van der Waals surface area contributed by atoms with Gasteiger partial charge in [-0.1, -0.05) is 18.2 Å². The fourth-order valence-electron chi connectivity index (χ4n) is 2.44. The highest BCUT2D eigenvalue weighted by Gasteiger charge is 2.08. The van der Waals surface area contributed by atoms with Crippen molar-refractivity contribution in [2.75, 3.05) is 18.5 Å². The van der Waals surface area contributed by atoms with E-state index >= 15 is 0 Å². The van der Waals surface area contributed by atoms with E-state index in [0.29, 0.717) is 6.61 Å². The van der Waals surface area contributed by atoms with Gasteiger partial charge in [0.05, 0.1) is 6.61 Å². The number of para-hydroxylation sites is 1. The van der Waals surface area contributed by atoms with Crippen molar-refractivity contribution in [1.29, 1.82) is 0 Å². The molecule has 1 atom stereocenters. The number of furan rings is 1. The van der Waals surface area contributed by atoms with Gasteiger partial charge in [-0.15, -0.1) is 0 Å². The number of nitrogens with one attached hydrogen (secondary N) is 1. The van der Waals surface area contributed by atoms with E-state index < -0.39 is 0 Å². The molecular formula is C17H19NO2. The number of rotatable bonds is 5. The van der Waals surface area contributed by atoms with Crippen molar-refractivity contribution in [3.63, 3.8) is 0 Å². The number of benzene rings is 2. The van der Waals surface area contributed by atoms with Crippen LogP contribution in [-0.2, 0) is 4.74 Å². The lowest BCUT2D eigenvalue weighted by atomic mass is 10.1. The molecule has 1 heterocycles. The van der Waals surface area contributed by atoms with E-state index in [1.165, 1.54) is 0 Å². The van der Waals surface area contributed by atoms with Gasteiger partial charge >= 0.3 is 0 Å². The van der Waals surface area contributed by atoms with Crippen LogP contribution in [0.2, 0.25) is 0 Å². The van der Waals surface area contributed by atoms with Crippen LogP contribution >= 0.6 is 0 Å². The van der Waals surface area contributed by atoms with Crippen LogP contribution in [0, 0.1) is 0 Å². The molecule has 3 nitrogen and oxygen atoms in total. The van der Waals surface area contributed by atoms with E-state index in [0.717, 1.165) is 34.2 Å². The summed E-state index contributed by atoms with van der Waals surface area (Å²) >= 11 is 0. The zero-order valence-electron chi connectivity index (χ0n) is 11.8. The third-order valence-electron chi connectivity index (χ3n) is 3.36. The predicted molar refractivity (Wildman–Crippen MR) is 83.3 cm³/mol. The molecule has 0 aliphatic heterocycles. The van der Waals surface area contributed by atoms with Crippen LogP contribution in [0.1, 0.15) is 13.8 Å². The van der Waals surface area contributed by atoms with Gasteiger partial charge in [0.2, 0.25) is 0 Å². The third-order valence-corrected chi connectivity index (χ3v) is 3.36. The van der Waals surface area contributed by atoms with Crippen molar-refractivity contribution in [2.45, 2.75) is 19.9 Å². The highest BCUT2D eigenvalue weighted by atomic mass is 16.5. The molecule has 104 valence electrons. The average Bonchev–Trinajstić information content (AvgIpc) is 2.83. The molecule has 3 rings (SSSR count). The van der Waals surface area contributed by atoms with Gasteiger partial charge in [0.1, 0.15) is 11.2 Å². The second-order valence-corrected chi connectivity index (χ2v) is 5.01. The molecule has 0 fully saturated rings. The zero-order valence-corrected chi connectivity index (χ0v) is 11.8. The molecule has 0 radical (unpaired) electrons. The van der Waals surface area contributed by atoms with Gasteiger partial charge in [0.25, 0.3) is 0 Å². The van der Waals surface area contributed by atoms with Crippen molar-refractivity contribution < 1.29 is 9.15 Å². The highest BCUT2D eigenvalue weighted by Crippen LogP contribution is 2.30. The Morgan fingerprint density at radius 2 is 1.90 bits per heavy atom. The molecule has 0 saturated carbocycles. The summed E-state index contributed by atoms with van der Waals surface area (Å²) in [5.41, 5.74) is 2.95. The van der Waals surface area contributed by atoms with E-state index in [-0.39, 0.29) is 6.04 Å². The minimum absolute atomic E-state index is 0.283. The molecule has 0 spiro atoms. The Hall–Kier alpha value is -2.00. The van der Waals surface area contributed by atoms with Crippen LogP contribution in [0.4, 0.5) is 5.69 Å². The molecule has 3 aromatic rings. The zero-order chi connectivity index (χ0) is 13.9. The minimum Gasteiger partial charge on any atom is -0.456 e. The molecule has 0 bridgehead atoms. The van der Waals surface area contributed by atoms with E-state index in [1.807, 2.05) is 37.3 Å².